The summed E-state index contributed by atoms with van der Waals surface area (Å²) in [6.45, 7) is 1.81. The summed E-state index contributed by atoms with van der Waals surface area (Å²) in [6, 6.07) is 6.91. The van der Waals surface area contributed by atoms with Crippen molar-refractivity contribution in [3.8, 4) is 0 Å². The SMILES string of the molecule is CCc1cc(Br)ccc1NS(=O)(=O)c1csc(CO)c1. The Hall–Kier alpha value is -0.890. The van der Waals surface area contributed by atoms with E-state index in [2.05, 4.69) is 20.7 Å². The molecule has 0 atom stereocenters. The van der Waals surface area contributed by atoms with Crippen LogP contribution in [0.2, 0.25) is 0 Å². The van der Waals surface area contributed by atoms with Crippen molar-refractivity contribution in [2.24, 2.45) is 0 Å². The number of aliphatic hydroxyl groups is 1. The van der Waals surface area contributed by atoms with Crippen molar-refractivity contribution in [3.05, 3.63) is 44.6 Å². The van der Waals surface area contributed by atoms with Crippen LogP contribution in [0.1, 0.15) is 17.4 Å². The summed E-state index contributed by atoms with van der Waals surface area (Å²) in [5, 5.41) is 10.5. The molecule has 0 aliphatic heterocycles. The first-order chi connectivity index (χ1) is 9.46. The highest BCUT2D eigenvalue weighted by atomic mass is 79.9. The van der Waals surface area contributed by atoms with Gasteiger partial charge in [0.25, 0.3) is 10.0 Å². The minimum absolute atomic E-state index is 0.154. The molecule has 0 amide bonds. The van der Waals surface area contributed by atoms with Crippen LogP contribution >= 0.6 is 27.3 Å². The van der Waals surface area contributed by atoms with Crippen molar-refractivity contribution in [1.82, 2.24) is 0 Å². The number of anilines is 1. The lowest BCUT2D eigenvalue weighted by Crippen LogP contribution is -2.13. The number of sulfonamides is 1. The van der Waals surface area contributed by atoms with E-state index in [1.165, 1.54) is 22.8 Å². The van der Waals surface area contributed by atoms with E-state index >= 15 is 0 Å². The molecule has 0 aliphatic rings. The predicted octanol–water partition coefficient (Wildman–Crippen LogP) is 3.37. The molecular formula is C13H14BrNO3S2. The third kappa shape index (κ3) is 3.41. The Morgan fingerprint density at radius 2 is 2.10 bits per heavy atom. The average Bonchev–Trinajstić information content (AvgIpc) is 2.90. The maximum atomic E-state index is 12.3. The molecule has 1 heterocycles. The highest BCUT2D eigenvalue weighted by molar-refractivity contribution is 9.10. The van der Waals surface area contributed by atoms with Gasteiger partial charge in [0.05, 0.1) is 17.2 Å². The van der Waals surface area contributed by atoms with Crippen LogP contribution in [0.25, 0.3) is 0 Å². The smallest absolute Gasteiger partial charge is 0.262 e. The Morgan fingerprint density at radius 3 is 2.70 bits per heavy atom. The normalized spacial score (nSPS) is 11.6. The van der Waals surface area contributed by atoms with E-state index in [4.69, 9.17) is 5.11 Å². The molecule has 1 aromatic carbocycles. The summed E-state index contributed by atoms with van der Waals surface area (Å²) in [6.07, 6.45) is 0.725. The Bertz CT molecular complexity index is 710. The summed E-state index contributed by atoms with van der Waals surface area (Å²) in [5.41, 5.74) is 1.49. The van der Waals surface area contributed by atoms with E-state index in [1.54, 1.807) is 12.1 Å². The van der Waals surface area contributed by atoms with E-state index in [9.17, 15) is 8.42 Å². The van der Waals surface area contributed by atoms with Crippen LogP contribution in [0.4, 0.5) is 5.69 Å². The topological polar surface area (TPSA) is 66.4 Å². The Labute approximate surface area is 130 Å². The Kier molecular flexibility index (Phi) is 4.85. The Morgan fingerprint density at radius 1 is 1.35 bits per heavy atom. The van der Waals surface area contributed by atoms with Gasteiger partial charge in [-0.15, -0.1) is 11.3 Å². The van der Waals surface area contributed by atoms with E-state index in [1.807, 2.05) is 13.0 Å². The van der Waals surface area contributed by atoms with E-state index in [0.717, 1.165) is 16.5 Å². The average molecular weight is 376 g/mol. The first kappa shape index (κ1) is 15.5. The number of halogens is 1. The van der Waals surface area contributed by atoms with E-state index in [0.29, 0.717) is 10.6 Å². The van der Waals surface area contributed by atoms with Crippen molar-refractivity contribution in [3.63, 3.8) is 0 Å². The number of thiophene rings is 1. The molecule has 0 saturated heterocycles. The zero-order chi connectivity index (χ0) is 14.8. The van der Waals surface area contributed by atoms with Gasteiger partial charge in [0.15, 0.2) is 0 Å². The summed E-state index contributed by atoms with van der Waals surface area (Å²) in [5.74, 6) is 0. The predicted molar refractivity (Wildman–Crippen MR) is 84.6 cm³/mol. The molecule has 2 N–H and O–H groups in total. The van der Waals surface area contributed by atoms with Gasteiger partial charge in [-0.2, -0.15) is 0 Å². The number of aryl methyl sites for hydroxylation is 1. The van der Waals surface area contributed by atoms with Gasteiger partial charge in [-0.25, -0.2) is 8.42 Å². The summed E-state index contributed by atoms with van der Waals surface area (Å²) in [7, 11) is -3.61. The number of hydrogen-bond donors (Lipinski definition) is 2. The molecule has 0 radical (unpaired) electrons. The standard InChI is InChI=1S/C13H14BrNO3S2/c1-2-9-5-10(14)3-4-13(9)15-20(17,18)12-6-11(7-16)19-8-12/h3-6,8,15-16H,2,7H2,1H3. The fourth-order valence-electron chi connectivity index (χ4n) is 1.74. The summed E-state index contributed by atoms with van der Waals surface area (Å²) in [4.78, 5) is 0.799. The van der Waals surface area contributed by atoms with Crippen molar-refractivity contribution in [2.75, 3.05) is 4.72 Å². The third-order valence-electron chi connectivity index (χ3n) is 2.79. The molecule has 0 unspecified atom stereocenters. The summed E-state index contributed by atoms with van der Waals surface area (Å²) >= 11 is 4.59. The van der Waals surface area contributed by atoms with E-state index in [-0.39, 0.29) is 11.5 Å². The number of hydrogen-bond acceptors (Lipinski definition) is 4. The van der Waals surface area contributed by atoms with Gasteiger partial charge in [0.1, 0.15) is 0 Å². The Balaban J connectivity index is 2.33. The highest BCUT2D eigenvalue weighted by Gasteiger charge is 2.17. The molecule has 0 saturated carbocycles. The van der Waals surface area contributed by atoms with Crippen LogP contribution in [0.5, 0.6) is 0 Å². The molecule has 0 fully saturated rings. The largest absolute Gasteiger partial charge is 0.391 e. The lowest BCUT2D eigenvalue weighted by atomic mass is 10.1. The van der Waals surface area contributed by atoms with Crippen LogP contribution in [-0.4, -0.2) is 13.5 Å². The van der Waals surface area contributed by atoms with Crippen LogP contribution < -0.4 is 4.72 Å². The number of benzene rings is 1. The molecule has 4 nitrogen and oxygen atoms in total. The van der Waals surface area contributed by atoms with Crippen molar-refractivity contribution < 1.29 is 13.5 Å². The quantitative estimate of drug-likeness (QED) is 0.841. The lowest BCUT2D eigenvalue weighted by molar-refractivity contribution is 0.285. The monoisotopic (exact) mass is 375 g/mol. The van der Waals surface area contributed by atoms with Gasteiger partial charge >= 0.3 is 0 Å². The van der Waals surface area contributed by atoms with Gasteiger partial charge in [0, 0.05) is 14.7 Å². The molecule has 20 heavy (non-hydrogen) atoms. The van der Waals surface area contributed by atoms with Crippen LogP contribution in [-0.2, 0) is 23.1 Å². The second kappa shape index (κ2) is 6.26. The van der Waals surface area contributed by atoms with Gasteiger partial charge < -0.3 is 5.11 Å². The van der Waals surface area contributed by atoms with Gasteiger partial charge in [-0.05, 0) is 36.2 Å². The molecule has 1 aromatic heterocycles. The zero-order valence-electron chi connectivity index (χ0n) is 10.8. The van der Waals surface area contributed by atoms with Crippen molar-refractivity contribution in [1.29, 1.82) is 0 Å². The number of rotatable bonds is 5. The number of nitrogens with one attached hydrogen (secondary N) is 1. The molecule has 0 spiro atoms. The fourth-order valence-corrected chi connectivity index (χ4v) is 4.39. The number of aliphatic hydroxyl groups excluding tert-OH is 1. The first-order valence-corrected chi connectivity index (χ1v) is 9.11. The molecule has 108 valence electrons. The van der Waals surface area contributed by atoms with Crippen molar-refractivity contribution >= 4 is 43.0 Å². The maximum absolute atomic E-state index is 12.3. The molecular weight excluding hydrogens is 362 g/mol. The summed E-state index contributed by atoms with van der Waals surface area (Å²) < 4.78 is 28.1. The molecule has 0 bridgehead atoms. The minimum atomic E-state index is -3.61. The maximum Gasteiger partial charge on any atom is 0.262 e. The third-order valence-corrected chi connectivity index (χ3v) is 5.70. The first-order valence-electron chi connectivity index (χ1n) is 5.95. The minimum Gasteiger partial charge on any atom is -0.391 e. The van der Waals surface area contributed by atoms with Gasteiger partial charge in [-0.1, -0.05) is 22.9 Å². The van der Waals surface area contributed by atoms with Crippen LogP contribution in [0.3, 0.4) is 0 Å². The van der Waals surface area contributed by atoms with E-state index < -0.39 is 10.0 Å². The van der Waals surface area contributed by atoms with Gasteiger partial charge in [-0.3, -0.25) is 4.72 Å². The van der Waals surface area contributed by atoms with Crippen LogP contribution in [0, 0.1) is 0 Å². The second-order valence-electron chi connectivity index (χ2n) is 4.17. The molecule has 2 aromatic rings. The zero-order valence-corrected chi connectivity index (χ0v) is 14.0. The molecule has 0 aliphatic carbocycles. The fraction of sp³-hybridized carbons (Fsp3) is 0.231. The lowest BCUT2D eigenvalue weighted by Gasteiger charge is -2.11. The van der Waals surface area contributed by atoms with Gasteiger partial charge in [0.2, 0.25) is 0 Å². The van der Waals surface area contributed by atoms with Crippen LogP contribution in [0.15, 0.2) is 39.0 Å². The molecule has 7 heteroatoms. The highest BCUT2D eigenvalue weighted by Crippen LogP contribution is 2.26. The van der Waals surface area contributed by atoms with Crippen molar-refractivity contribution in [2.45, 2.75) is 24.8 Å². The second-order valence-corrected chi connectivity index (χ2v) is 7.76. The molecule has 2 rings (SSSR count).